The average Bonchev–Trinajstić information content (AvgIpc) is 3.04. The summed E-state index contributed by atoms with van der Waals surface area (Å²) in [4.78, 5) is 47.5. The lowest BCUT2D eigenvalue weighted by Crippen LogP contribution is -2.35. The van der Waals surface area contributed by atoms with Gasteiger partial charge in [0.1, 0.15) is 24.2 Å². The van der Waals surface area contributed by atoms with E-state index >= 15 is 0 Å². The quantitative estimate of drug-likeness (QED) is 0.134. The Labute approximate surface area is 179 Å². The zero-order valence-electron chi connectivity index (χ0n) is 16.0. The van der Waals surface area contributed by atoms with E-state index in [-0.39, 0.29) is 23.4 Å². The second kappa shape index (κ2) is 10.3. The third kappa shape index (κ3) is 7.60. The lowest BCUT2D eigenvalue weighted by molar-refractivity contribution is -0.188. The highest BCUT2D eigenvalue weighted by molar-refractivity contribution is 7.66. The summed E-state index contributed by atoms with van der Waals surface area (Å²) in [5.41, 5.74) is 6.18. The van der Waals surface area contributed by atoms with Crippen LogP contribution in [0.25, 0.3) is 11.2 Å². The number of phosphoric acid groups is 3. The molecule has 0 radical (unpaired) electrons. The number of aromatic nitrogens is 4. The molecule has 0 aliphatic rings. The number of anilines is 1. The van der Waals surface area contributed by atoms with E-state index in [1.807, 2.05) is 0 Å². The van der Waals surface area contributed by atoms with Crippen molar-refractivity contribution in [1.29, 1.82) is 0 Å². The van der Waals surface area contributed by atoms with Gasteiger partial charge in [-0.2, -0.15) is 8.62 Å². The Kier molecular flexibility index (Phi) is 8.63. The molecule has 32 heavy (non-hydrogen) atoms. The van der Waals surface area contributed by atoms with Crippen molar-refractivity contribution >= 4 is 40.4 Å². The van der Waals surface area contributed by atoms with E-state index in [4.69, 9.17) is 25.2 Å². The van der Waals surface area contributed by atoms with Crippen molar-refractivity contribution in [1.82, 2.24) is 19.5 Å². The molecule has 0 aliphatic carbocycles. The summed E-state index contributed by atoms with van der Waals surface area (Å²) >= 11 is 0. The largest absolute Gasteiger partial charge is 0.490 e. The molecule has 0 saturated carbocycles. The Hall–Kier alpha value is -1.36. The molecule has 2 unspecified atom stereocenters. The first-order valence-electron chi connectivity index (χ1n) is 8.37. The van der Waals surface area contributed by atoms with Crippen LogP contribution in [-0.4, -0.2) is 68.3 Å². The van der Waals surface area contributed by atoms with Gasteiger partial charge in [-0.1, -0.05) is 6.92 Å². The highest BCUT2D eigenvalue weighted by Gasteiger charge is 2.41. The van der Waals surface area contributed by atoms with Crippen LogP contribution in [0.2, 0.25) is 0 Å². The van der Waals surface area contributed by atoms with Gasteiger partial charge in [0, 0.05) is 0 Å². The zero-order chi connectivity index (χ0) is 24.3. The van der Waals surface area contributed by atoms with Gasteiger partial charge in [-0.15, -0.1) is 0 Å². The van der Waals surface area contributed by atoms with Crippen LogP contribution >= 0.6 is 23.5 Å². The van der Waals surface area contributed by atoms with Gasteiger partial charge in [0.25, 0.3) is 0 Å². The summed E-state index contributed by atoms with van der Waals surface area (Å²) in [6.07, 6.45) is -2.31. The van der Waals surface area contributed by atoms with Gasteiger partial charge in [0.15, 0.2) is 17.8 Å². The Morgan fingerprint density at radius 1 is 1.06 bits per heavy atom. The molecule has 0 bridgehead atoms. The molecule has 0 spiro atoms. The maximum atomic E-state index is 11.8. The van der Waals surface area contributed by atoms with E-state index in [0.29, 0.717) is 0 Å². The minimum atomic E-state index is -5.73. The number of ether oxygens (including phenoxy) is 1. The molecule has 21 heteroatoms. The van der Waals surface area contributed by atoms with Crippen LogP contribution in [0.1, 0.15) is 19.6 Å². The number of imidazole rings is 1. The molecule has 2 heterocycles. The predicted molar refractivity (Wildman–Crippen MR) is 102 cm³/mol. The molecule has 8 N–H and O–H groups in total. The second-order valence-electron chi connectivity index (χ2n) is 5.92. The van der Waals surface area contributed by atoms with Crippen molar-refractivity contribution in [3.8, 4) is 0 Å². The fraction of sp³-hybridized carbons (Fsp3) is 0.545. The normalized spacial score (nSPS) is 18.4. The van der Waals surface area contributed by atoms with E-state index in [1.165, 1.54) is 10.9 Å². The van der Waals surface area contributed by atoms with Crippen LogP contribution < -0.4 is 5.73 Å². The predicted octanol–water partition coefficient (Wildman–Crippen LogP) is -0.644. The Balaban J connectivity index is 2.12. The van der Waals surface area contributed by atoms with Crippen LogP contribution in [0.4, 0.5) is 5.82 Å². The highest BCUT2D eigenvalue weighted by atomic mass is 31.3. The van der Waals surface area contributed by atoms with Gasteiger partial charge in [-0.25, -0.2) is 28.6 Å². The third-order valence-electron chi connectivity index (χ3n) is 3.53. The van der Waals surface area contributed by atoms with Gasteiger partial charge < -0.3 is 40.3 Å². The number of hydrogen-bond donors (Lipinski definition) is 7. The summed E-state index contributed by atoms with van der Waals surface area (Å²) in [5, 5.41) is 19.1. The molecule has 4 atom stereocenters. The fourth-order valence-electron chi connectivity index (χ4n) is 2.31. The Morgan fingerprint density at radius 3 is 2.28 bits per heavy atom. The molecule has 0 amide bonds. The summed E-state index contributed by atoms with van der Waals surface area (Å²) in [7, 11) is -16.8. The van der Waals surface area contributed by atoms with Crippen molar-refractivity contribution in [2.45, 2.75) is 32.0 Å². The molecule has 2 aromatic rings. The molecule has 0 aromatic carbocycles. The van der Waals surface area contributed by atoms with Crippen molar-refractivity contribution in [3.63, 3.8) is 0 Å². The monoisotopic (exact) mass is 523 g/mol. The van der Waals surface area contributed by atoms with Crippen LogP contribution in [0.15, 0.2) is 12.7 Å². The van der Waals surface area contributed by atoms with Gasteiger partial charge in [0.2, 0.25) is 0 Å². The van der Waals surface area contributed by atoms with E-state index in [0.717, 1.165) is 6.33 Å². The first-order chi connectivity index (χ1) is 14.6. The number of nitrogen functional groups attached to an aromatic ring is 1. The summed E-state index contributed by atoms with van der Waals surface area (Å²) in [6.45, 7) is 0.561. The van der Waals surface area contributed by atoms with Crippen LogP contribution in [0.3, 0.4) is 0 Å². The van der Waals surface area contributed by atoms with E-state index in [1.54, 1.807) is 6.92 Å². The number of nitrogens with two attached hydrogens (primary N) is 1. The van der Waals surface area contributed by atoms with Gasteiger partial charge in [-0.05, 0) is 6.42 Å². The molecule has 0 fully saturated rings. The maximum absolute atomic E-state index is 11.8. The lowest BCUT2D eigenvalue weighted by Gasteiger charge is -2.26. The number of fused-ring (bicyclic) bond motifs is 1. The fourth-order valence-corrected chi connectivity index (χ4v) is 5.34. The highest BCUT2D eigenvalue weighted by Crippen LogP contribution is 2.66. The van der Waals surface area contributed by atoms with Crippen molar-refractivity contribution in [2.24, 2.45) is 0 Å². The molecular formula is C11H20N5O13P3. The Morgan fingerprint density at radius 2 is 1.72 bits per heavy atom. The molecule has 0 aliphatic heterocycles. The first kappa shape index (κ1) is 26.9. The minimum Gasteiger partial charge on any atom is -0.382 e. The molecule has 2 rings (SSSR count). The summed E-state index contributed by atoms with van der Waals surface area (Å²) < 4.78 is 52.2. The van der Waals surface area contributed by atoms with Crippen LogP contribution in [0.5, 0.6) is 0 Å². The van der Waals surface area contributed by atoms with E-state index in [9.17, 15) is 28.8 Å². The SMILES string of the molecule is CC[C@@H](O[C@H](COP(=O)(O)OP(=O)(O)OP(=O)(O)O)C(O)O)n1cnc2c(N)ncnc21. The van der Waals surface area contributed by atoms with Crippen molar-refractivity contribution in [2.75, 3.05) is 12.3 Å². The van der Waals surface area contributed by atoms with Gasteiger partial charge in [0.05, 0.1) is 12.9 Å². The second-order valence-corrected chi connectivity index (χ2v) is 10.3. The maximum Gasteiger partial charge on any atom is 0.490 e. The van der Waals surface area contributed by atoms with Crippen LogP contribution in [0, 0.1) is 0 Å². The van der Waals surface area contributed by atoms with Crippen LogP contribution in [-0.2, 0) is 31.6 Å². The molecule has 182 valence electrons. The summed E-state index contributed by atoms with van der Waals surface area (Å²) in [5.74, 6) is 0.0787. The molecule has 18 nitrogen and oxygen atoms in total. The van der Waals surface area contributed by atoms with E-state index < -0.39 is 48.7 Å². The van der Waals surface area contributed by atoms with Gasteiger partial charge in [-0.3, -0.25) is 9.09 Å². The number of aliphatic hydroxyl groups excluding tert-OH is 1. The van der Waals surface area contributed by atoms with Crippen molar-refractivity contribution < 1.29 is 61.4 Å². The average molecular weight is 523 g/mol. The smallest absolute Gasteiger partial charge is 0.382 e. The topological polar surface area (TPSA) is 279 Å². The Bertz CT molecular complexity index is 1070. The van der Waals surface area contributed by atoms with Gasteiger partial charge >= 0.3 is 23.5 Å². The molecule has 0 saturated heterocycles. The number of phosphoric ester groups is 1. The third-order valence-corrected chi connectivity index (χ3v) is 7.33. The lowest BCUT2D eigenvalue weighted by atomic mass is 10.3. The number of nitrogens with zero attached hydrogens (tertiary/aromatic N) is 4. The van der Waals surface area contributed by atoms with Crippen molar-refractivity contribution in [3.05, 3.63) is 12.7 Å². The molecule has 2 aromatic heterocycles. The molecular weight excluding hydrogens is 503 g/mol. The van der Waals surface area contributed by atoms with E-state index in [2.05, 4.69) is 28.1 Å². The first-order valence-corrected chi connectivity index (χ1v) is 12.9. The zero-order valence-corrected chi connectivity index (χ0v) is 18.7. The standard InChI is InChI=1S/C11H20N5O13P3/c1-2-7(16-5-15-8-9(12)13-4-14-10(8)16)27-6(11(17)18)3-26-31(22,23)29-32(24,25)28-30(19,20)21/h4-7,11,17-18H,2-3H2,1H3,(H,22,23)(H,24,25)(H2,12,13,14)(H2,19,20,21)/t6-,7-/m1/s1. The minimum absolute atomic E-state index is 0.0787. The number of rotatable bonds is 12. The summed E-state index contributed by atoms with van der Waals surface area (Å²) in [6, 6.07) is 0. The number of hydrogen-bond acceptors (Lipinski definition) is 13. The number of aliphatic hydroxyl groups is 2.